The van der Waals surface area contributed by atoms with Gasteiger partial charge in [-0.3, -0.25) is 4.79 Å². The molecule has 3 atom stereocenters. The molecule has 1 saturated carbocycles. The Bertz CT molecular complexity index is 1190. The summed E-state index contributed by atoms with van der Waals surface area (Å²) < 4.78 is 69.6. The van der Waals surface area contributed by atoms with Crippen molar-refractivity contribution in [3.05, 3.63) is 29.1 Å². The number of hydrazine groups is 1. The second kappa shape index (κ2) is 10.1. The van der Waals surface area contributed by atoms with Crippen LogP contribution >= 0.6 is 11.6 Å². The third-order valence-electron chi connectivity index (χ3n) is 6.72. The summed E-state index contributed by atoms with van der Waals surface area (Å²) in [4.78, 5) is 12.3. The maximum absolute atomic E-state index is 14.8. The molecule has 196 valence electrons. The van der Waals surface area contributed by atoms with Crippen LogP contribution in [0.3, 0.4) is 0 Å². The van der Waals surface area contributed by atoms with Gasteiger partial charge in [-0.15, -0.1) is 11.6 Å². The normalized spacial score (nSPS) is 26.9. The summed E-state index contributed by atoms with van der Waals surface area (Å²) in [7, 11) is -6.97. The zero-order valence-corrected chi connectivity index (χ0v) is 22.1. The molecule has 0 bridgehead atoms. The molecule has 13 heteroatoms. The number of halogens is 2. The highest BCUT2D eigenvalue weighted by Crippen LogP contribution is 2.45. The first kappa shape index (κ1) is 26.6. The number of rotatable bonds is 7. The van der Waals surface area contributed by atoms with E-state index in [-0.39, 0.29) is 17.6 Å². The Kier molecular flexibility index (Phi) is 7.69. The second-order valence-electron chi connectivity index (χ2n) is 9.72. The fourth-order valence-corrected chi connectivity index (χ4v) is 6.85. The molecule has 1 aliphatic carbocycles. The summed E-state index contributed by atoms with van der Waals surface area (Å²) in [6.07, 6.45) is 6.06. The Morgan fingerprint density at radius 1 is 1.11 bits per heavy atom. The first-order chi connectivity index (χ1) is 16.3. The molecule has 2 heterocycles. The molecule has 3 aliphatic rings. The largest absolute Gasteiger partial charge is 0.489 e. The van der Waals surface area contributed by atoms with Crippen LogP contribution in [0, 0.1) is 5.82 Å². The van der Waals surface area contributed by atoms with Crippen molar-refractivity contribution >= 4 is 37.4 Å². The van der Waals surface area contributed by atoms with E-state index in [4.69, 9.17) is 16.3 Å². The summed E-state index contributed by atoms with van der Waals surface area (Å²) in [5, 5.41) is 3.64. The van der Waals surface area contributed by atoms with Crippen LogP contribution in [-0.2, 0) is 19.9 Å². The van der Waals surface area contributed by atoms with Gasteiger partial charge in [0.15, 0.2) is 0 Å². The van der Waals surface area contributed by atoms with Crippen molar-refractivity contribution in [3.63, 3.8) is 0 Å². The van der Waals surface area contributed by atoms with Crippen molar-refractivity contribution in [3.8, 4) is 5.75 Å². The average molecular weight is 552 g/mol. The fourth-order valence-electron chi connectivity index (χ4n) is 4.79. The number of hydrogen-bond donors (Lipinski definition) is 1. The SMILES string of the molecule is CS(=O)(=O)NC(=O)c1cc(C2CC2)c(O[C@@H]2CCCN(N3CC[C@@H](S(C)(=O)=O)C[C@H]3Cl)C2)cc1F. The molecule has 3 fully saturated rings. The van der Waals surface area contributed by atoms with Gasteiger partial charge in [-0.25, -0.2) is 36.0 Å². The van der Waals surface area contributed by atoms with Crippen LogP contribution in [0.1, 0.15) is 60.4 Å². The molecular weight excluding hydrogens is 521 g/mol. The van der Waals surface area contributed by atoms with Crippen LogP contribution in [0.2, 0.25) is 0 Å². The number of nitrogens with zero attached hydrogens (tertiary/aromatic N) is 2. The number of hydrogen-bond acceptors (Lipinski definition) is 8. The fraction of sp³-hybridized carbons (Fsp3) is 0.682. The van der Waals surface area contributed by atoms with Gasteiger partial charge < -0.3 is 4.74 Å². The van der Waals surface area contributed by atoms with Crippen LogP contribution in [-0.4, -0.2) is 81.8 Å². The number of amides is 1. The van der Waals surface area contributed by atoms with E-state index in [0.29, 0.717) is 37.2 Å². The van der Waals surface area contributed by atoms with Crippen molar-refractivity contribution in [1.82, 2.24) is 14.7 Å². The predicted octanol–water partition coefficient (Wildman–Crippen LogP) is 2.22. The van der Waals surface area contributed by atoms with Crippen LogP contribution < -0.4 is 9.46 Å². The molecule has 1 aromatic rings. The van der Waals surface area contributed by atoms with Gasteiger partial charge >= 0.3 is 0 Å². The van der Waals surface area contributed by atoms with E-state index in [2.05, 4.69) is 5.01 Å². The minimum Gasteiger partial charge on any atom is -0.489 e. The Morgan fingerprint density at radius 3 is 2.43 bits per heavy atom. The molecule has 35 heavy (non-hydrogen) atoms. The van der Waals surface area contributed by atoms with E-state index >= 15 is 0 Å². The standard InChI is InChI=1S/C22H31ClFN3O6S2/c1-34(29,30)16-7-9-27(21(23)10-16)26-8-3-4-15(13-26)33-20-12-19(24)18(11-17(20)14-5-6-14)22(28)25-35(2,31)32/h11-12,14-16,21H,3-10,13H2,1-2H3,(H,25,28)/t15-,16-,21+/m1/s1. The minimum atomic E-state index is -3.82. The second-order valence-corrected chi connectivity index (χ2v) is 14.3. The van der Waals surface area contributed by atoms with Crippen molar-refractivity contribution in [2.45, 2.75) is 61.3 Å². The van der Waals surface area contributed by atoms with Crippen LogP contribution in [0.15, 0.2) is 12.1 Å². The Labute approximate surface area is 210 Å². The molecule has 4 rings (SSSR count). The lowest BCUT2D eigenvalue weighted by Gasteiger charge is -2.45. The summed E-state index contributed by atoms with van der Waals surface area (Å²) in [5.74, 6) is -1.35. The Balaban J connectivity index is 1.47. The van der Waals surface area contributed by atoms with E-state index in [0.717, 1.165) is 38.5 Å². The molecule has 2 saturated heterocycles. The van der Waals surface area contributed by atoms with Crippen LogP contribution in [0.25, 0.3) is 0 Å². The molecule has 0 unspecified atom stereocenters. The topological polar surface area (TPSA) is 113 Å². The molecule has 1 N–H and O–H groups in total. The van der Waals surface area contributed by atoms with Gasteiger partial charge in [-0.1, -0.05) is 0 Å². The molecule has 1 aromatic carbocycles. The predicted molar refractivity (Wildman–Crippen MR) is 130 cm³/mol. The quantitative estimate of drug-likeness (QED) is 0.405. The molecule has 9 nitrogen and oxygen atoms in total. The average Bonchev–Trinajstić information content (AvgIpc) is 3.57. The molecular formula is C22H31ClFN3O6S2. The first-order valence-corrected chi connectivity index (χ1v) is 16.0. The van der Waals surface area contributed by atoms with Crippen LogP contribution in [0.5, 0.6) is 5.75 Å². The zero-order valence-electron chi connectivity index (χ0n) is 19.7. The van der Waals surface area contributed by atoms with Gasteiger partial charge in [-0.05, 0) is 56.1 Å². The maximum Gasteiger partial charge on any atom is 0.267 e. The first-order valence-electron chi connectivity index (χ1n) is 11.7. The lowest BCUT2D eigenvalue weighted by molar-refractivity contribution is -0.0898. The van der Waals surface area contributed by atoms with E-state index in [1.54, 1.807) is 0 Å². The number of benzene rings is 1. The van der Waals surface area contributed by atoms with Crippen LogP contribution in [0.4, 0.5) is 4.39 Å². The summed E-state index contributed by atoms with van der Waals surface area (Å²) >= 11 is 6.56. The smallest absolute Gasteiger partial charge is 0.267 e. The molecule has 1 amide bonds. The lowest BCUT2D eigenvalue weighted by atomic mass is 10.0. The number of carbonyl (C=O) groups is 1. The summed E-state index contributed by atoms with van der Waals surface area (Å²) in [6.45, 7) is 1.82. The van der Waals surface area contributed by atoms with Gasteiger partial charge in [0, 0.05) is 25.4 Å². The maximum atomic E-state index is 14.8. The highest BCUT2D eigenvalue weighted by atomic mass is 35.5. The van der Waals surface area contributed by atoms with Gasteiger partial charge in [0.2, 0.25) is 10.0 Å². The minimum absolute atomic E-state index is 0.136. The highest BCUT2D eigenvalue weighted by molar-refractivity contribution is 7.91. The van der Waals surface area contributed by atoms with E-state index in [1.165, 1.54) is 18.4 Å². The van der Waals surface area contributed by atoms with E-state index in [1.807, 2.05) is 9.73 Å². The summed E-state index contributed by atoms with van der Waals surface area (Å²) in [6, 6.07) is 2.57. The monoisotopic (exact) mass is 551 g/mol. The van der Waals surface area contributed by atoms with Gasteiger partial charge in [-0.2, -0.15) is 0 Å². The number of alkyl halides is 1. The Hall–Kier alpha value is -1.47. The third kappa shape index (κ3) is 6.65. The van der Waals surface area contributed by atoms with E-state index < -0.39 is 42.3 Å². The number of carbonyl (C=O) groups excluding carboxylic acids is 1. The van der Waals surface area contributed by atoms with E-state index in [9.17, 15) is 26.0 Å². The van der Waals surface area contributed by atoms with Crippen molar-refractivity contribution < 1.29 is 30.8 Å². The lowest BCUT2D eigenvalue weighted by Crippen LogP contribution is -2.57. The molecule has 0 radical (unpaired) electrons. The molecule has 0 spiro atoms. The van der Waals surface area contributed by atoms with Crippen molar-refractivity contribution in [2.75, 3.05) is 32.1 Å². The van der Waals surface area contributed by atoms with Crippen molar-refractivity contribution in [1.29, 1.82) is 0 Å². The molecule has 0 aromatic heterocycles. The zero-order chi connectivity index (χ0) is 25.5. The van der Waals surface area contributed by atoms with Crippen molar-refractivity contribution in [2.24, 2.45) is 0 Å². The highest BCUT2D eigenvalue weighted by Gasteiger charge is 2.37. The number of piperidine rings is 2. The van der Waals surface area contributed by atoms with Gasteiger partial charge in [0.1, 0.15) is 27.5 Å². The number of sulfone groups is 1. The number of sulfonamides is 1. The molecule has 2 aliphatic heterocycles. The summed E-state index contributed by atoms with van der Waals surface area (Å²) in [5.41, 5.74) is -0.0608. The Morgan fingerprint density at radius 2 is 1.83 bits per heavy atom. The third-order valence-corrected chi connectivity index (χ3v) is 9.32. The number of ether oxygens (including phenoxy) is 1. The van der Waals surface area contributed by atoms with Gasteiger partial charge in [0.05, 0.1) is 29.1 Å². The van der Waals surface area contributed by atoms with Gasteiger partial charge in [0.25, 0.3) is 5.91 Å². The number of nitrogens with one attached hydrogen (secondary N) is 1.